The van der Waals surface area contributed by atoms with Crippen molar-refractivity contribution in [3.05, 3.63) is 107 Å². The van der Waals surface area contributed by atoms with Gasteiger partial charge in [0.1, 0.15) is 0 Å². The third-order valence-electron chi connectivity index (χ3n) is 6.97. The second kappa shape index (κ2) is 8.62. The molecule has 0 bridgehead atoms. The number of unbranched alkanes of at least 4 members (excludes halogenated alkanes) is 1. The molecule has 0 saturated carbocycles. The largest absolute Gasteiger partial charge is 0.0843 e. The van der Waals surface area contributed by atoms with Crippen LogP contribution >= 0.6 is 23.2 Å². The molecular formula is C32H24Cl2. The minimum absolute atomic E-state index is 0.759. The van der Waals surface area contributed by atoms with E-state index in [0.717, 1.165) is 29.3 Å². The standard InChI is InChI=1S/C32H24Cl2/c1-2-3-7-26-30(22-8-14-24(33)15-9-22)27-18-12-20-5-4-6-21-13-19-28(32(27)29(20)21)31(26)23-10-16-25(34)17-11-23/h4-6,8-19H,2-3,7H2,1H3. The van der Waals surface area contributed by atoms with Crippen LogP contribution in [0.25, 0.3) is 54.6 Å². The summed E-state index contributed by atoms with van der Waals surface area (Å²) in [6, 6.07) is 32.4. The van der Waals surface area contributed by atoms with Crippen LogP contribution in [0, 0.1) is 0 Å². The van der Waals surface area contributed by atoms with Crippen LogP contribution in [-0.4, -0.2) is 0 Å². The lowest BCUT2D eigenvalue weighted by Crippen LogP contribution is -1.99. The van der Waals surface area contributed by atoms with Crippen molar-refractivity contribution in [2.45, 2.75) is 26.2 Å². The molecule has 0 atom stereocenters. The third kappa shape index (κ3) is 3.45. The predicted molar refractivity (Wildman–Crippen MR) is 150 cm³/mol. The van der Waals surface area contributed by atoms with Gasteiger partial charge in [0.25, 0.3) is 0 Å². The van der Waals surface area contributed by atoms with E-state index in [4.69, 9.17) is 23.2 Å². The van der Waals surface area contributed by atoms with Crippen molar-refractivity contribution in [3.63, 3.8) is 0 Å². The highest BCUT2D eigenvalue weighted by atomic mass is 35.5. The summed E-state index contributed by atoms with van der Waals surface area (Å²) in [4.78, 5) is 0. The Bertz CT molecular complexity index is 1510. The molecular weight excluding hydrogens is 455 g/mol. The van der Waals surface area contributed by atoms with Crippen LogP contribution < -0.4 is 0 Å². The maximum Gasteiger partial charge on any atom is 0.0406 e. The smallest absolute Gasteiger partial charge is 0.0406 e. The molecule has 0 unspecified atom stereocenters. The zero-order chi connectivity index (χ0) is 23.2. The summed E-state index contributed by atoms with van der Waals surface area (Å²) < 4.78 is 0. The second-order valence-corrected chi connectivity index (χ2v) is 9.90. The summed E-state index contributed by atoms with van der Waals surface area (Å²) in [6.07, 6.45) is 3.29. The van der Waals surface area contributed by atoms with E-state index in [2.05, 4.69) is 73.7 Å². The van der Waals surface area contributed by atoms with Crippen LogP contribution in [0.15, 0.2) is 91.0 Å². The molecule has 0 fully saturated rings. The van der Waals surface area contributed by atoms with E-state index in [1.807, 2.05) is 24.3 Å². The topological polar surface area (TPSA) is 0 Å². The Morgan fingerprint density at radius 1 is 0.559 bits per heavy atom. The maximum absolute atomic E-state index is 6.29. The number of rotatable bonds is 5. The number of hydrogen-bond acceptors (Lipinski definition) is 0. The second-order valence-electron chi connectivity index (χ2n) is 9.03. The van der Waals surface area contributed by atoms with Gasteiger partial charge in [-0.05, 0) is 97.2 Å². The van der Waals surface area contributed by atoms with E-state index >= 15 is 0 Å². The summed E-state index contributed by atoms with van der Waals surface area (Å²) in [5.74, 6) is 0. The molecule has 2 heteroatoms. The highest BCUT2D eigenvalue weighted by Gasteiger charge is 2.21. The highest BCUT2D eigenvalue weighted by molar-refractivity contribution is 6.31. The first-order valence-electron chi connectivity index (χ1n) is 11.9. The molecule has 0 aliphatic carbocycles. The van der Waals surface area contributed by atoms with Crippen molar-refractivity contribution < 1.29 is 0 Å². The molecule has 0 aliphatic heterocycles. The first kappa shape index (κ1) is 21.5. The summed E-state index contributed by atoms with van der Waals surface area (Å²) in [6.45, 7) is 2.26. The van der Waals surface area contributed by atoms with E-state index in [1.165, 1.54) is 60.1 Å². The summed E-state index contributed by atoms with van der Waals surface area (Å²) in [7, 11) is 0. The van der Waals surface area contributed by atoms with Gasteiger partial charge in [-0.2, -0.15) is 0 Å². The molecule has 6 aromatic carbocycles. The Kier molecular flexibility index (Phi) is 5.44. The zero-order valence-corrected chi connectivity index (χ0v) is 20.5. The van der Waals surface area contributed by atoms with Gasteiger partial charge in [-0.1, -0.05) is 103 Å². The monoisotopic (exact) mass is 478 g/mol. The minimum atomic E-state index is 0.759. The van der Waals surface area contributed by atoms with E-state index in [9.17, 15) is 0 Å². The lowest BCUT2D eigenvalue weighted by atomic mass is 9.80. The molecule has 6 aromatic rings. The molecule has 0 saturated heterocycles. The van der Waals surface area contributed by atoms with Gasteiger partial charge in [-0.3, -0.25) is 0 Å². The number of halogens is 2. The zero-order valence-electron chi connectivity index (χ0n) is 19.0. The van der Waals surface area contributed by atoms with Crippen molar-refractivity contribution in [1.29, 1.82) is 0 Å². The molecule has 34 heavy (non-hydrogen) atoms. The molecule has 0 aliphatic rings. The average Bonchev–Trinajstić information content (AvgIpc) is 2.87. The van der Waals surface area contributed by atoms with Gasteiger partial charge >= 0.3 is 0 Å². The highest BCUT2D eigenvalue weighted by Crippen LogP contribution is 2.47. The van der Waals surface area contributed by atoms with E-state index in [0.29, 0.717) is 0 Å². The molecule has 0 nitrogen and oxygen atoms in total. The Morgan fingerprint density at radius 3 is 1.53 bits per heavy atom. The van der Waals surface area contributed by atoms with E-state index in [-0.39, 0.29) is 0 Å². The Hall–Kier alpha value is -3.06. The van der Waals surface area contributed by atoms with Crippen LogP contribution in [0.5, 0.6) is 0 Å². The van der Waals surface area contributed by atoms with Crippen LogP contribution in [0.4, 0.5) is 0 Å². The van der Waals surface area contributed by atoms with Gasteiger partial charge in [-0.25, -0.2) is 0 Å². The van der Waals surface area contributed by atoms with Crippen LogP contribution in [0.3, 0.4) is 0 Å². The SMILES string of the molecule is CCCCc1c(-c2ccc(Cl)cc2)c2ccc3cccc4ccc(c1-c1ccc(Cl)cc1)c2c34. The van der Waals surface area contributed by atoms with Crippen molar-refractivity contribution >= 4 is 55.5 Å². The summed E-state index contributed by atoms with van der Waals surface area (Å²) in [5, 5.41) is 9.37. The lowest BCUT2D eigenvalue weighted by Gasteiger charge is -2.23. The third-order valence-corrected chi connectivity index (χ3v) is 7.47. The Labute approximate surface area is 210 Å². The molecule has 0 N–H and O–H groups in total. The summed E-state index contributed by atoms with van der Waals surface area (Å²) in [5.41, 5.74) is 6.46. The average molecular weight is 479 g/mol. The molecule has 0 amide bonds. The fourth-order valence-electron chi connectivity index (χ4n) is 5.45. The number of benzene rings is 6. The predicted octanol–water partition coefficient (Wildman–Crippen LogP) is 10.6. The van der Waals surface area contributed by atoms with Crippen LogP contribution in [-0.2, 0) is 6.42 Å². The fraction of sp³-hybridized carbons (Fsp3) is 0.125. The van der Waals surface area contributed by atoms with Crippen molar-refractivity contribution in [1.82, 2.24) is 0 Å². The maximum atomic E-state index is 6.29. The molecule has 0 spiro atoms. The number of hydrogen-bond donors (Lipinski definition) is 0. The van der Waals surface area contributed by atoms with Crippen molar-refractivity contribution in [2.75, 3.05) is 0 Å². The van der Waals surface area contributed by atoms with Crippen molar-refractivity contribution in [3.8, 4) is 22.3 Å². The van der Waals surface area contributed by atoms with Gasteiger partial charge in [0.2, 0.25) is 0 Å². The Morgan fingerprint density at radius 2 is 1.06 bits per heavy atom. The minimum Gasteiger partial charge on any atom is -0.0843 e. The van der Waals surface area contributed by atoms with E-state index in [1.54, 1.807) is 0 Å². The van der Waals surface area contributed by atoms with Gasteiger partial charge < -0.3 is 0 Å². The molecule has 6 rings (SSSR count). The van der Waals surface area contributed by atoms with Gasteiger partial charge in [0.15, 0.2) is 0 Å². The first-order valence-corrected chi connectivity index (χ1v) is 12.7. The lowest BCUT2D eigenvalue weighted by molar-refractivity contribution is 0.798. The van der Waals surface area contributed by atoms with Crippen molar-refractivity contribution in [2.24, 2.45) is 0 Å². The fourth-order valence-corrected chi connectivity index (χ4v) is 5.70. The van der Waals surface area contributed by atoms with E-state index < -0.39 is 0 Å². The first-order chi connectivity index (χ1) is 16.7. The normalized spacial score (nSPS) is 11.7. The molecule has 0 radical (unpaired) electrons. The summed E-state index contributed by atoms with van der Waals surface area (Å²) >= 11 is 12.6. The van der Waals surface area contributed by atoms with Crippen LogP contribution in [0.2, 0.25) is 10.0 Å². The van der Waals surface area contributed by atoms with Crippen LogP contribution in [0.1, 0.15) is 25.3 Å². The van der Waals surface area contributed by atoms with Gasteiger partial charge in [0, 0.05) is 10.0 Å². The van der Waals surface area contributed by atoms with Gasteiger partial charge in [0.05, 0.1) is 0 Å². The quantitative estimate of drug-likeness (QED) is 0.216. The molecule has 0 heterocycles. The molecule has 166 valence electrons. The molecule has 0 aromatic heterocycles. The Balaban J connectivity index is 1.84. The van der Waals surface area contributed by atoms with Gasteiger partial charge in [-0.15, -0.1) is 0 Å².